The Bertz CT molecular complexity index is 725. The lowest BCUT2D eigenvalue weighted by atomic mass is 10.2. The molecule has 0 atom stereocenters. The number of hydrogen-bond donors (Lipinski definition) is 1. The van der Waals surface area contributed by atoms with Gasteiger partial charge < -0.3 is 10.1 Å². The van der Waals surface area contributed by atoms with E-state index in [-0.39, 0.29) is 18.4 Å². The van der Waals surface area contributed by atoms with Crippen LogP contribution in [0.4, 0.5) is 5.69 Å². The molecule has 0 spiro atoms. The van der Waals surface area contributed by atoms with Crippen LogP contribution >= 0.6 is 11.8 Å². The molecule has 0 aliphatic rings. The van der Waals surface area contributed by atoms with Crippen LogP contribution in [-0.2, 0) is 20.9 Å². The lowest BCUT2D eigenvalue weighted by molar-refractivity contribution is -0.140. The van der Waals surface area contributed by atoms with Crippen LogP contribution in [0.25, 0.3) is 0 Å². The second kappa shape index (κ2) is 10.6. The van der Waals surface area contributed by atoms with Crippen molar-refractivity contribution in [3.8, 4) is 0 Å². The number of pyridine rings is 1. The van der Waals surface area contributed by atoms with Gasteiger partial charge in [-0.15, -0.1) is 11.8 Å². The number of nitrogens with one attached hydrogen (secondary N) is 1. The minimum Gasteiger partial charge on any atom is -0.469 e. The maximum atomic E-state index is 12.3. The fourth-order valence-electron chi connectivity index (χ4n) is 2.32. The molecule has 1 aromatic heterocycles. The van der Waals surface area contributed by atoms with Crippen LogP contribution in [0.1, 0.15) is 12.0 Å². The Morgan fingerprint density at radius 3 is 2.69 bits per heavy atom. The van der Waals surface area contributed by atoms with Gasteiger partial charge in [-0.3, -0.25) is 14.5 Å². The van der Waals surface area contributed by atoms with E-state index in [1.165, 1.54) is 18.9 Å². The number of anilines is 1. The van der Waals surface area contributed by atoms with E-state index in [1.54, 1.807) is 12.3 Å². The highest BCUT2D eigenvalue weighted by atomic mass is 32.2. The molecule has 26 heavy (non-hydrogen) atoms. The number of carbonyl (C=O) groups excluding carboxylic acids is 2. The first kappa shape index (κ1) is 19.9. The fourth-order valence-corrected chi connectivity index (χ4v) is 3.19. The van der Waals surface area contributed by atoms with E-state index in [0.717, 1.165) is 5.56 Å². The third-order valence-corrected chi connectivity index (χ3v) is 4.53. The molecule has 0 fully saturated rings. The zero-order chi connectivity index (χ0) is 18.8. The molecule has 0 aliphatic carbocycles. The molecule has 1 aromatic carbocycles. The number of rotatable bonds is 9. The number of nitrogens with zero attached hydrogens (tertiary/aromatic N) is 2. The van der Waals surface area contributed by atoms with Crippen LogP contribution in [0.2, 0.25) is 0 Å². The van der Waals surface area contributed by atoms with Gasteiger partial charge in [-0.05, 0) is 24.7 Å². The fraction of sp³-hybridized carbons (Fsp3) is 0.316. The van der Waals surface area contributed by atoms with E-state index in [2.05, 4.69) is 15.0 Å². The van der Waals surface area contributed by atoms with Gasteiger partial charge in [-0.1, -0.05) is 30.3 Å². The van der Waals surface area contributed by atoms with Gasteiger partial charge in [0.25, 0.3) is 0 Å². The number of esters is 1. The topological polar surface area (TPSA) is 71.5 Å². The Labute approximate surface area is 157 Å². The summed E-state index contributed by atoms with van der Waals surface area (Å²) in [7, 11) is 3.27. The van der Waals surface area contributed by atoms with E-state index in [4.69, 9.17) is 0 Å². The predicted octanol–water partition coefficient (Wildman–Crippen LogP) is 2.81. The Morgan fingerprint density at radius 2 is 1.96 bits per heavy atom. The number of hydrogen-bond acceptors (Lipinski definition) is 6. The number of carbonyl (C=O) groups is 2. The lowest BCUT2D eigenvalue weighted by Gasteiger charge is -2.17. The van der Waals surface area contributed by atoms with E-state index < -0.39 is 0 Å². The van der Waals surface area contributed by atoms with Gasteiger partial charge in [0.1, 0.15) is 5.03 Å². The predicted molar refractivity (Wildman–Crippen MR) is 103 cm³/mol. The van der Waals surface area contributed by atoms with Gasteiger partial charge in [0.2, 0.25) is 5.91 Å². The van der Waals surface area contributed by atoms with Crippen molar-refractivity contribution in [3.05, 3.63) is 54.2 Å². The summed E-state index contributed by atoms with van der Waals surface area (Å²) in [5.74, 6) is 0.174. The highest BCUT2D eigenvalue weighted by molar-refractivity contribution is 7.99. The SMILES string of the molecule is COC(=O)CCSc1ncccc1NC(=O)CN(C)Cc1ccccc1. The summed E-state index contributed by atoms with van der Waals surface area (Å²) >= 11 is 1.41. The zero-order valence-corrected chi connectivity index (χ0v) is 15.8. The Morgan fingerprint density at radius 1 is 1.19 bits per heavy atom. The average Bonchev–Trinajstić information content (AvgIpc) is 2.63. The van der Waals surface area contributed by atoms with Gasteiger partial charge >= 0.3 is 5.97 Å². The summed E-state index contributed by atoms with van der Waals surface area (Å²) in [6.07, 6.45) is 1.96. The average molecular weight is 373 g/mol. The van der Waals surface area contributed by atoms with Crippen molar-refractivity contribution in [2.45, 2.75) is 18.0 Å². The quantitative estimate of drug-likeness (QED) is 0.538. The number of methoxy groups -OCH3 is 1. The molecule has 0 aliphatic heterocycles. The highest BCUT2D eigenvalue weighted by Crippen LogP contribution is 2.25. The van der Waals surface area contributed by atoms with E-state index >= 15 is 0 Å². The van der Waals surface area contributed by atoms with Gasteiger partial charge in [0, 0.05) is 18.5 Å². The summed E-state index contributed by atoms with van der Waals surface area (Å²) in [6, 6.07) is 13.6. The minimum atomic E-state index is -0.262. The van der Waals surface area contributed by atoms with Gasteiger partial charge in [-0.2, -0.15) is 0 Å². The van der Waals surface area contributed by atoms with Crippen LogP contribution in [0.15, 0.2) is 53.7 Å². The maximum absolute atomic E-state index is 12.3. The van der Waals surface area contributed by atoms with Crippen molar-refractivity contribution < 1.29 is 14.3 Å². The second-order valence-corrected chi connectivity index (χ2v) is 6.82. The van der Waals surface area contributed by atoms with Crippen LogP contribution in [0.3, 0.4) is 0 Å². The Balaban J connectivity index is 1.87. The molecule has 1 amide bonds. The normalized spacial score (nSPS) is 10.6. The molecule has 0 bridgehead atoms. The number of aromatic nitrogens is 1. The number of amides is 1. The largest absolute Gasteiger partial charge is 0.469 e. The first-order chi connectivity index (χ1) is 12.6. The number of likely N-dealkylation sites (N-methyl/N-ethyl adjacent to an activating group) is 1. The Kier molecular flexibility index (Phi) is 8.11. The highest BCUT2D eigenvalue weighted by Gasteiger charge is 2.11. The molecule has 2 aromatic rings. The summed E-state index contributed by atoms with van der Waals surface area (Å²) in [6.45, 7) is 0.970. The molecule has 0 radical (unpaired) electrons. The molecule has 0 unspecified atom stereocenters. The Hall–Kier alpha value is -2.38. The van der Waals surface area contributed by atoms with Crippen molar-refractivity contribution in [1.82, 2.24) is 9.88 Å². The minimum absolute atomic E-state index is 0.105. The number of ether oxygens (including phenoxy) is 1. The van der Waals surface area contributed by atoms with Gasteiger partial charge in [-0.25, -0.2) is 4.98 Å². The molecule has 7 heteroatoms. The van der Waals surface area contributed by atoms with Crippen LogP contribution < -0.4 is 5.32 Å². The smallest absolute Gasteiger partial charge is 0.306 e. The summed E-state index contributed by atoms with van der Waals surface area (Å²) in [5.41, 5.74) is 1.81. The van der Waals surface area contributed by atoms with Crippen LogP contribution in [-0.4, -0.2) is 48.2 Å². The standard InChI is InChI=1S/C19H23N3O3S/c1-22(13-15-7-4-3-5-8-15)14-17(23)21-16-9-6-11-20-19(16)26-12-10-18(24)25-2/h3-9,11H,10,12-14H2,1-2H3,(H,21,23). The maximum Gasteiger partial charge on any atom is 0.306 e. The molecule has 2 rings (SSSR count). The van der Waals surface area contributed by atoms with E-state index in [9.17, 15) is 9.59 Å². The van der Waals surface area contributed by atoms with Crippen molar-refractivity contribution >= 4 is 29.3 Å². The molecule has 6 nitrogen and oxygen atoms in total. The molecule has 1 heterocycles. The third kappa shape index (κ3) is 6.85. The number of benzene rings is 1. The van der Waals surface area contributed by atoms with Crippen molar-refractivity contribution in [2.75, 3.05) is 31.8 Å². The molecule has 138 valence electrons. The summed E-state index contributed by atoms with van der Waals surface area (Å²) in [5, 5.41) is 3.59. The van der Waals surface area contributed by atoms with E-state index in [0.29, 0.717) is 29.4 Å². The first-order valence-electron chi connectivity index (χ1n) is 8.25. The molecular formula is C19H23N3O3S. The van der Waals surface area contributed by atoms with E-state index in [1.807, 2.05) is 48.3 Å². The number of thioether (sulfide) groups is 1. The molecule has 1 N–H and O–H groups in total. The first-order valence-corrected chi connectivity index (χ1v) is 9.24. The molecule has 0 saturated carbocycles. The van der Waals surface area contributed by atoms with Crippen molar-refractivity contribution in [1.29, 1.82) is 0 Å². The summed E-state index contributed by atoms with van der Waals surface area (Å²) < 4.78 is 4.63. The molecule has 0 saturated heterocycles. The van der Waals surface area contributed by atoms with Crippen LogP contribution in [0, 0.1) is 0 Å². The van der Waals surface area contributed by atoms with Crippen molar-refractivity contribution in [2.24, 2.45) is 0 Å². The molecular weight excluding hydrogens is 350 g/mol. The lowest BCUT2D eigenvalue weighted by Crippen LogP contribution is -2.30. The zero-order valence-electron chi connectivity index (χ0n) is 15.0. The van der Waals surface area contributed by atoms with Gasteiger partial charge in [0.15, 0.2) is 0 Å². The van der Waals surface area contributed by atoms with Crippen LogP contribution in [0.5, 0.6) is 0 Å². The second-order valence-electron chi connectivity index (χ2n) is 5.74. The third-order valence-electron chi connectivity index (χ3n) is 3.53. The van der Waals surface area contributed by atoms with Gasteiger partial charge in [0.05, 0.1) is 25.8 Å². The monoisotopic (exact) mass is 373 g/mol. The summed E-state index contributed by atoms with van der Waals surface area (Å²) in [4.78, 5) is 29.8. The van der Waals surface area contributed by atoms with Crippen molar-refractivity contribution in [3.63, 3.8) is 0 Å².